The van der Waals surface area contributed by atoms with E-state index >= 15 is 0 Å². The molecular weight excluding hydrogens is 352 g/mol. The molecule has 2 rings (SSSR count). The summed E-state index contributed by atoms with van der Waals surface area (Å²) in [7, 11) is 0. The van der Waals surface area contributed by atoms with Crippen molar-refractivity contribution in [2.24, 2.45) is 0 Å². The van der Waals surface area contributed by atoms with Crippen molar-refractivity contribution in [1.82, 2.24) is 4.98 Å². The molecule has 1 N–H and O–H groups in total. The number of benzene rings is 1. The Labute approximate surface area is 125 Å². The minimum Gasteiger partial charge on any atom is -0.320 e. The molecule has 21 heavy (non-hydrogen) atoms. The number of halogens is 3. The maximum atomic E-state index is 13.2. The predicted molar refractivity (Wildman–Crippen MR) is 72.9 cm³/mol. The molecule has 1 aromatic carbocycles. The molecule has 0 unspecified atom stereocenters. The number of nitrogens with zero attached hydrogens (tertiary/aromatic N) is 2. The van der Waals surface area contributed by atoms with Gasteiger partial charge in [0.25, 0.3) is 11.6 Å². The van der Waals surface area contributed by atoms with Gasteiger partial charge in [-0.15, -0.1) is 0 Å². The second-order valence-electron chi connectivity index (χ2n) is 3.86. The zero-order valence-electron chi connectivity index (χ0n) is 10.1. The summed E-state index contributed by atoms with van der Waals surface area (Å²) in [6.07, 6.45) is 1.30. The smallest absolute Gasteiger partial charge is 0.285 e. The summed E-state index contributed by atoms with van der Waals surface area (Å²) in [6.45, 7) is 0. The molecule has 0 spiro atoms. The summed E-state index contributed by atoms with van der Waals surface area (Å²) >= 11 is 3.10. The van der Waals surface area contributed by atoms with Gasteiger partial charge in [0.1, 0.15) is 10.2 Å². The van der Waals surface area contributed by atoms with Crippen LogP contribution >= 0.6 is 15.9 Å². The van der Waals surface area contributed by atoms with Gasteiger partial charge in [-0.05, 0) is 34.1 Å². The van der Waals surface area contributed by atoms with E-state index in [2.05, 4.69) is 26.2 Å². The van der Waals surface area contributed by atoms with Crippen LogP contribution in [0, 0.1) is 21.7 Å². The number of rotatable bonds is 3. The van der Waals surface area contributed by atoms with E-state index in [1.807, 2.05) is 0 Å². The lowest BCUT2D eigenvalue weighted by Gasteiger charge is -2.06. The van der Waals surface area contributed by atoms with Crippen LogP contribution < -0.4 is 5.32 Å². The van der Waals surface area contributed by atoms with Gasteiger partial charge in [0, 0.05) is 0 Å². The lowest BCUT2D eigenvalue weighted by molar-refractivity contribution is -0.385. The first-order chi connectivity index (χ1) is 9.88. The molecule has 0 aliphatic carbocycles. The number of hydrogen-bond donors (Lipinski definition) is 1. The Bertz CT molecular complexity index is 722. The zero-order chi connectivity index (χ0) is 15.6. The van der Waals surface area contributed by atoms with Gasteiger partial charge < -0.3 is 5.32 Å². The van der Waals surface area contributed by atoms with Crippen LogP contribution in [0.2, 0.25) is 0 Å². The van der Waals surface area contributed by atoms with E-state index in [0.717, 1.165) is 0 Å². The Kier molecular flexibility index (Phi) is 4.22. The lowest BCUT2D eigenvalue weighted by atomic mass is 10.1. The van der Waals surface area contributed by atoms with Crippen molar-refractivity contribution >= 4 is 33.2 Å². The summed E-state index contributed by atoms with van der Waals surface area (Å²) < 4.78 is 26.7. The Hall–Kier alpha value is -2.42. The van der Waals surface area contributed by atoms with Gasteiger partial charge in [0.2, 0.25) is 0 Å². The molecule has 0 saturated heterocycles. The molecule has 108 valence electrons. The molecule has 0 radical (unpaired) electrons. The Morgan fingerprint density at radius 2 is 1.95 bits per heavy atom. The summed E-state index contributed by atoms with van der Waals surface area (Å²) in [5, 5.41) is 13.1. The van der Waals surface area contributed by atoms with E-state index in [1.54, 1.807) is 0 Å². The summed E-state index contributed by atoms with van der Waals surface area (Å²) in [6, 6.07) is 3.87. The number of nitrogens with one attached hydrogen (secondary N) is 1. The van der Waals surface area contributed by atoms with Crippen LogP contribution in [-0.4, -0.2) is 15.8 Å². The molecule has 1 heterocycles. The van der Waals surface area contributed by atoms with Crippen molar-refractivity contribution in [3.63, 3.8) is 0 Å². The van der Waals surface area contributed by atoms with Crippen molar-refractivity contribution in [2.75, 3.05) is 5.32 Å². The number of anilines is 1. The number of carbonyl (C=O) groups excluding carboxylic acids is 1. The average Bonchev–Trinajstić information content (AvgIpc) is 2.43. The Balaban J connectivity index is 2.36. The Morgan fingerprint density at radius 3 is 2.52 bits per heavy atom. The SMILES string of the molecule is O=C(Nc1ccc(Br)nc1)c1cc(F)c(F)cc1[N+](=O)[O-]. The molecule has 0 saturated carbocycles. The number of pyridine rings is 1. The first-order valence-electron chi connectivity index (χ1n) is 5.45. The quantitative estimate of drug-likeness (QED) is 0.518. The third-order valence-corrected chi connectivity index (χ3v) is 2.93. The molecule has 0 aliphatic rings. The highest BCUT2D eigenvalue weighted by molar-refractivity contribution is 9.10. The van der Waals surface area contributed by atoms with Gasteiger partial charge in [-0.3, -0.25) is 14.9 Å². The first-order valence-corrected chi connectivity index (χ1v) is 6.24. The molecule has 1 amide bonds. The van der Waals surface area contributed by atoms with Crippen LogP contribution in [0.5, 0.6) is 0 Å². The van der Waals surface area contributed by atoms with E-state index in [0.29, 0.717) is 16.7 Å². The van der Waals surface area contributed by atoms with Gasteiger partial charge in [0.05, 0.1) is 22.9 Å². The number of carbonyl (C=O) groups is 1. The highest BCUT2D eigenvalue weighted by atomic mass is 79.9. The third kappa shape index (κ3) is 3.37. The standard InChI is InChI=1S/C12H6BrF2N3O3/c13-11-2-1-6(5-16-11)17-12(19)7-3-8(14)9(15)4-10(7)18(20)21/h1-5H,(H,17,19). The minimum absolute atomic E-state index is 0.252. The van der Waals surface area contributed by atoms with Crippen LogP contribution in [-0.2, 0) is 0 Å². The lowest BCUT2D eigenvalue weighted by Crippen LogP contribution is -2.15. The molecular formula is C12H6BrF2N3O3. The van der Waals surface area contributed by atoms with Crippen molar-refractivity contribution in [3.05, 3.63) is 62.4 Å². The van der Waals surface area contributed by atoms with Crippen LogP contribution in [0.3, 0.4) is 0 Å². The zero-order valence-corrected chi connectivity index (χ0v) is 11.7. The molecule has 9 heteroatoms. The monoisotopic (exact) mass is 357 g/mol. The maximum absolute atomic E-state index is 13.2. The van der Waals surface area contributed by atoms with Crippen molar-refractivity contribution in [1.29, 1.82) is 0 Å². The van der Waals surface area contributed by atoms with Gasteiger partial charge in [-0.25, -0.2) is 13.8 Å². The number of aromatic nitrogens is 1. The highest BCUT2D eigenvalue weighted by Gasteiger charge is 2.24. The minimum atomic E-state index is -1.40. The maximum Gasteiger partial charge on any atom is 0.285 e. The summed E-state index contributed by atoms with van der Waals surface area (Å²) in [5.74, 6) is -3.69. The van der Waals surface area contributed by atoms with E-state index in [1.165, 1.54) is 18.3 Å². The fourth-order valence-corrected chi connectivity index (χ4v) is 1.75. The summed E-state index contributed by atoms with van der Waals surface area (Å²) in [5.41, 5.74) is -1.15. The van der Waals surface area contributed by atoms with Gasteiger partial charge >= 0.3 is 0 Å². The second-order valence-corrected chi connectivity index (χ2v) is 4.68. The molecule has 2 aromatic rings. The topological polar surface area (TPSA) is 85.1 Å². The largest absolute Gasteiger partial charge is 0.320 e. The van der Waals surface area contributed by atoms with Gasteiger partial charge in [-0.1, -0.05) is 0 Å². The fraction of sp³-hybridized carbons (Fsp3) is 0. The second kappa shape index (κ2) is 5.92. The van der Waals surface area contributed by atoms with Crippen molar-refractivity contribution < 1.29 is 18.5 Å². The molecule has 1 aromatic heterocycles. The van der Waals surface area contributed by atoms with E-state index < -0.39 is 33.7 Å². The van der Waals surface area contributed by atoms with Gasteiger partial charge in [0.15, 0.2) is 11.6 Å². The fourth-order valence-electron chi connectivity index (χ4n) is 1.52. The first kappa shape index (κ1) is 15.0. The van der Waals surface area contributed by atoms with Crippen LogP contribution in [0.4, 0.5) is 20.2 Å². The molecule has 0 aliphatic heterocycles. The highest BCUT2D eigenvalue weighted by Crippen LogP contribution is 2.23. The predicted octanol–water partition coefficient (Wildman–Crippen LogP) is 3.28. The van der Waals surface area contributed by atoms with Gasteiger partial charge in [-0.2, -0.15) is 0 Å². The molecule has 6 nitrogen and oxygen atoms in total. The molecule has 0 bridgehead atoms. The number of hydrogen-bond acceptors (Lipinski definition) is 4. The van der Waals surface area contributed by atoms with E-state index in [4.69, 9.17) is 0 Å². The van der Waals surface area contributed by atoms with E-state index in [9.17, 15) is 23.7 Å². The number of nitro groups is 1. The van der Waals surface area contributed by atoms with Crippen LogP contribution in [0.25, 0.3) is 0 Å². The normalized spacial score (nSPS) is 10.2. The third-order valence-electron chi connectivity index (χ3n) is 2.47. The van der Waals surface area contributed by atoms with Crippen molar-refractivity contribution in [2.45, 2.75) is 0 Å². The number of amides is 1. The van der Waals surface area contributed by atoms with Crippen LogP contribution in [0.1, 0.15) is 10.4 Å². The van der Waals surface area contributed by atoms with E-state index in [-0.39, 0.29) is 5.69 Å². The van der Waals surface area contributed by atoms with Crippen molar-refractivity contribution in [3.8, 4) is 0 Å². The van der Waals surface area contributed by atoms with Crippen LogP contribution in [0.15, 0.2) is 35.1 Å². The number of nitro benzene ring substituents is 1. The Morgan fingerprint density at radius 1 is 1.29 bits per heavy atom. The molecule has 0 atom stereocenters. The summed E-state index contributed by atoms with van der Waals surface area (Å²) in [4.78, 5) is 25.6. The average molecular weight is 358 g/mol. The molecule has 0 fully saturated rings.